The van der Waals surface area contributed by atoms with Gasteiger partial charge in [0.15, 0.2) is 0 Å². The molecule has 0 amide bonds. The fourth-order valence-corrected chi connectivity index (χ4v) is 2.11. The van der Waals surface area contributed by atoms with Crippen LogP contribution in [0.2, 0.25) is 10.0 Å². The standard InChI is InChI=1S/C12H7Cl2S/c13-9-1-5-11(6-2-9)15-12-7-3-10(14)4-8-12/h1-7H. The molecule has 0 aliphatic rings. The number of hydrogen-bond donors (Lipinski definition) is 0. The van der Waals surface area contributed by atoms with Crippen LogP contribution in [0, 0.1) is 6.07 Å². The molecule has 0 aromatic heterocycles. The van der Waals surface area contributed by atoms with Gasteiger partial charge in [-0.15, -0.1) is 0 Å². The highest BCUT2D eigenvalue weighted by Crippen LogP contribution is 2.28. The second kappa shape index (κ2) is 4.93. The van der Waals surface area contributed by atoms with Crippen LogP contribution in [-0.2, 0) is 0 Å². The van der Waals surface area contributed by atoms with Crippen LogP contribution in [0.5, 0.6) is 0 Å². The van der Waals surface area contributed by atoms with E-state index in [1.165, 1.54) is 0 Å². The topological polar surface area (TPSA) is 0 Å². The molecule has 0 nitrogen and oxygen atoms in total. The smallest absolute Gasteiger partial charge is 0.0412 e. The van der Waals surface area contributed by atoms with Crippen molar-refractivity contribution in [1.29, 1.82) is 0 Å². The average molecular weight is 254 g/mol. The van der Waals surface area contributed by atoms with Gasteiger partial charge in [0.25, 0.3) is 0 Å². The van der Waals surface area contributed by atoms with Gasteiger partial charge in [0, 0.05) is 19.8 Å². The Morgan fingerprint density at radius 1 is 0.867 bits per heavy atom. The molecule has 0 aliphatic carbocycles. The minimum Gasteiger partial charge on any atom is -0.0894 e. The van der Waals surface area contributed by atoms with Crippen molar-refractivity contribution in [3.63, 3.8) is 0 Å². The highest BCUT2D eigenvalue weighted by atomic mass is 35.5. The summed E-state index contributed by atoms with van der Waals surface area (Å²) in [4.78, 5) is 2.18. The van der Waals surface area contributed by atoms with Crippen LogP contribution in [0.3, 0.4) is 0 Å². The van der Waals surface area contributed by atoms with E-state index in [0.717, 1.165) is 14.8 Å². The number of rotatable bonds is 2. The van der Waals surface area contributed by atoms with E-state index in [9.17, 15) is 0 Å². The van der Waals surface area contributed by atoms with Crippen LogP contribution in [0.25, 0.3) is 0 Å². The van der Waals surface area contributed by atoms with E-state index in [1.54, 1.807) is 17.8 Å². The van der Waals surface area contributed by atoms with Crippen molar-refractivity contribution >= 4 is 35.0 Å². The predicted molar refractivity (Wildman–Crippen MR) is 65.9 cm³/mol. The van der Waals surface area contributed by atoms with Crippen molar-refractivity contribution in [3.8, 4) is 0 Å². The first-order valence-electron chi connectivity index (χ1n) is 4.35. The Hall–Kier alpha value is -0.630. The van der Waals surface area contributed by atoms with Crippen LogP contribution in [0.4, 0.5) is 0 Å². The molecule has 0 saturated heterocycles. The Kier molecular flexibility index (Phi) is 3.57. The molecule has 0 N–H and O–H groups in total. The van der Waals surface area contributed by atoms with E-state index < -0.39 is 0 Å². The van der Waals surface area contributed by atoms with Crippen molar-refractivity contribution in [2.24, 2.45) is 0 Å². The fourth-order valence-electron chi connectivity index (χ4n) is 1.08. The van der Waals surface area contributed by atoms with Gasteiger partial charge < -0.3 is 0 Å². The minimum absolute atomic E-state index is 0.704. The van der Waals surface area contributed by atoms with Crippen LogP contribution in [-0.4, -0.2) is 0 Å². The normalized spacial score (nSPS) is 10.3. The van der Waals surface area contributed by atoms with Gasteiger partial charge in [-0.25, -0.2) is 0 Å². The van der Waals surface area contributed by atoms with Gasteiger partial charge in [0.2, 0.25) is 0 Å². The van der Waals surface area contributed by atoms with E-state index in [4.69, 9.17) is 23.2 Å². The molecular weight excluding hydrogens is 247 g/mol. The summed E-state index contributed by atoms with van der Waals surface area (Å²) in [6, 6.07) is 16.4. The van der Waals surface area contributed by atoms with E-state index in [2.05, 4.69) is 6.07 Å². The van der Waals surface area contributed by atoms with Crippen molar-refractivity contribution in [3.05, 3.63) is 58.6 Å². The Morgan fingerprint density at radius 2 is 1.53 bits per heavy atom. The zero-order chi connectivity index (χ0) is 10.7. The molecule has 0 spiro atoms. The summed E-state index contributed by atoms with van der Waals surface area (Å²) >= 11 is 13.2. The summed E-state index contributed by atoms with van der Waals surface area (Å²) in [6.07, 6.45) is 0. The molecule has 15 heavy (non-hydrogen) atoms. The molecule has 0 saturated carbocycles. The first-order valence-corrected chi connectivity index (χ1v) is 5.92. The largest absolute Gasteiger partial charge is 0.0894 e. The van der Waals surface area contributed by atoms with Crippen molar-refractivity contribution in [2.75, 3.05) is 0 Å². The third-order valence-corrected chi connectivity index (χ3v) is 3.26. The molecule has 2 rings (SSSR count). The third kappa shape index (κ3) is 3.16. The highest BCUT2D eigenvalue weighted by molar-refractivity contribution is 7.99. The number of hydrogen-bond acceptors (Lipinski definition) is 1. The fraction of sp³-hybridized carbons (Fsp3) is 0. The van der Waals surface area contributed by atoms with Crippen LogP contribution in [0.15, 0.2) is 52.3 Å². The molecule has 0 heterocycles. The van der Waals surface area contributed by atoms with Crippen LogP contribution in [0.1, 0.15) is 0 Å². The third-order valence-electron chi connectivity index (χ3n) is 1.79. The maximum atomic E-state index is 5.80. The van der Waals surface area contributed by atoms with Gasteiger partial charge in [0.05, 0.1) is 0 Å². The summed E-state index contributed by atoms with van der Waals surface area (Å²) in [5.41, 5.74) is 0. The zero-order valence-corrected chi connectivity index (χ0v) is 10.0. The lowest BCUT2D eigenvalue weighted by molar-refractivity contribution is 1.40. The molecule has 0 atom stereocenters. The maximum Gasteiger partial charge on any atom is 0.0412 e. The Morgan fingerprint density at radius 3 is 2.13 bits per heavy atom. The molecule has 0 fully saturated rings. The van der Waals surface area contributed by atoms with Gasteiger partial charge in [0.1, 0.15) is 0 Å². The van der Waals surface area contributed by atoms with Crippen molar-refractivity contribution in [2.45, 2.75) is 9.79 Å². The maximum absolute atomic E-state index is 5.80. The minimum atomic E-state index is 0.704. The second-order valence-corrected chi connectivity index (χ2v) is 4.92. The lowest BCUT2D eigenvalue weighted by atomic mass is 10.4. The van der Waals surface area contributed by atoms with Gasteiger partial charge in [-0.1, -0.05) is 35.0 Å². The zero-order valence-electron chi connectivity index (χ0n) is 7.71. The monoisotopic (exact) mass is 253 g/mol. The Bertz CT molecular complexity index is 391. The van der Waals surface area contributed by atoms with Crippen molar-refractivity contribution in [1.82, 2.24) is 0 Å². The molecule has 3 heteroatoms. The Labute approximate surface area is 103 Å². The van der Waals surface area contributed by atoms with E-state index in [1.807, 2.05) is 36.4 Å². The highest BCUT2D eigenvalue weighted by Gasteiger charge is 1.97. The van der Waals surface area contributed by atoms with Gasteiger partial charge in [-0.3, -0.25) is 0 Å². The Balaban J connectivity index is 2.15. The summed E-state index contributed by atoms with van der Waals surface area (Å²) in [5, 5.41) is 1.45. The summed E-state index contributed by atoms with van der Waals surface area (Å²) in [6.45, 7) is 0. The van der Waals surface area contributed by atoms with Gasteiger partial charge >= 0.3 is 0 Å². The SMILES string of the molecule is Clc1c[c]c(Sc2ccc(Cl)cc2)cc1. The molecule has 0 bridgehead atoms. The molecule has 1 radical (unpaired) electrons. The number of halogens is 2. The summed E-state index contributed by atoms with van der Waals surface area (Å²) in [7, 11) is 0. The molecule has 75 valence electrons. The molecule has 0 unspecified atom stereocenters. The van der Waals surface area contributed by atoms with Crippen LogP contribution >= 0.6 is 35.0 Å². The lowest BCUT2D eigenvalue weighted by Crippen LogP contribution is -1.73. The van der Waals surface area contributed by atoms with Crippen molar-refractivity contribution < 1.29 is 0 Å². The van der Waals surface area contributed by atoms with E-state index in [-0.39, 0.29) is 0 Å². The quantitative estimate of drug-likeness (QED) is 0.731. The van der Waals surface area contributed by atoms with Gasteiger partial charge in [-0.05, 0) is 48.5 Å². The molecule has 2 aromatic rings. The molecular formula is C12H7Cl2S. The molecule has 0 aliphatic heterocycles. The summed E-state index contributed by atoms with van der Waals surface area (Å²) in [5.74, 6) is 0. The van der Waals surface area contributed by atoms with Gasteiger partial charge in [-0.2, -0.15) is 0 Å². The lowest BCUT2D eigenvalue weighted by Gasteiger charge is -2.01. The second-order valence-electron chi connectivity index (χ2n) is 2.93. The summed E-state index contributed by atoms with van der Waals surface area (Å²) < 4.78 is 0. The first kappa shape index (κ1) is 10.9. The predicted octanol–water partition coefficient (Wildman–Crippen LogP) is 4.94. The number of benzene rings is 2. The average Bonchev–Trinajstić information content (AvgIpc) is 2.25. The first-order chi connectivity index (χ1) is 7.24. The van der Waals surface area contributed by atoms with E-state index in [0.29, 0.717) is 5.02 Å². The van der Waals surface area contributed by atoms with E-state index >= 15 is 0 Å². The molecule has 2 aromatic carbocycles. The van der Waals surface area contributed by atoms with Crippen LogP contribution < -0.4 is 0 Å².